The minimum absolute atomic E-state index is 0.0358. The van der Waals surface area contributed by atoms with Gasteiger partial charge in [-0.25, -0.2) is 0 Å². The van der Waals surface area contributed by atoms with Gasteiger partial charge < -0.3 is 10.2 Å². The summed E-state index contributed by atoms with van der Waals surface area (Å²) in [6.45, 7) is 2.32. The Bertz CT molecular complexity index is 632. The third-order valence-corrected chi connectivity index (χ3v) is 7.68. The number of alkyl halides is 2. The van der Waals surface area contributed by atoms with Gasteiger partial charge in [-0.15, -0.1) is 0 Å². The predicted octanol–water partition coefficient (Wildman–Crippen LogP) is 5.77. The predicted molar refractivity (Wildman–Crippen MR) is 111 cm³/mol. The average Bonchev–Trinajstić information content (AvgIpc) is 2.49. The lowest BCUT2D eigenvalue weighted by Crippen LogP contribution is -2.48. The van der Waals surface area contributed by atoms with E-state index < -0.39 is 0 Å². The Morgan fingerprint density at radius 3 is 1.70 bits per heavy atom. The molecule has 23 heavy (non-hydrogen) atoms. The fourth-order valence-electron chi connectivity index (χ4n) is 3.73. The van der Waals surface area contributed by atoms with Crippen LogP contribution in [0.25, 0.3) is 0 Å². The highest BCUT2D eigenvalue weighted by molar-refractivity contribution is 14.2. The van der Waals surface area contributed by atoms with Crippen molar-refractivity contribution in [2.75, 3.05) is 0 Å². The minimum Gasteiger partial charge on any atom is -0.508 e. The molecule has 2 nitrogen and oxygen atoms in total. The number of aromatic hydroxyl groups is 2. The van der Waals surface area contributed by atoms with E-state index in [0.717, 1.165) is 12.8 Å². The molecular weight excluding hydrogens is 514 g/mol. The molecule has 0 spiro atoms. The Morgan fingerprint density at radius 2 is 1.30 bits per heavy atom. The van der Waals surface area contributed by atoms with Gasteiger partial charge in [-0.3, -0.25) is 0 Å². The summed E-state index contributed by atoms with van der Waals surface area (Å²) in [4.78, 5) is 0. The van der Waals surface area contributed by atoms with Gasteiger partial charge in [-0.2, -0.15) is 0 Å². The van der Waals surface area contributed by atoms with E-state index in [0.29, 0.717) is 17.4 Å². The van der Waals surface area contributed by atoms with Gasteiger partial charge >= 0.3 is 0 Å². The molecule has 0 amide bonds. The lowest BCUT2D eigenvalue weighted by atomic mass is 9.63. The Kier molecular flexibility index (Phi) is 4.84. The normalized spacial score (nSPS) is 22.7. The summed E-state index contributed by atoms with van der Waals surface area (Å²) in [5.41, 5.74) is 2.34. The number of phenolic OH excluding ortho intramolecular Hbond substituents is 2. The van der Waals surface area contributed by atoms with Gasteiger partial charge in [-0.05, 0) is 60.6 Å². The number of rotatable bonds is 2. The van der Waals surface area contributed by atoms with Crippen LogP contribution in [0.15, 0.2) is 48.5 Å². The fraction of sp³-hybridized carbons (Fsp3) is 0.368. The lowest BCUT2D eigenvalue weighted by molar-refractivity contribution is 0.290. The summed E-state index contributed by atoms with van der Waals surface area (Å²) in [6.07, 6.45) is 3.38. The smallest absolute Gasteiger partial charge is 0.115 e. The van der Waals surface area contributed by atoms with Crippen molar-refractivity contribution in [2.24, 2.45) is 5.92 Å². The molecule has 2 aromatic rings. The number of benzene rings is 2. The molecule has 1 aliphatic carbocycles. The molecule has 2 N–H and O–H groups in total. The molecule has 1 saturated carbocycles. The summed E-state index contributed by atoms with van der Waals surface area (Å²) >= 11 is 5.21. The van der Waals surface area contributed by atoms with Gasteiger partial charge in [0.05, 0.1) is 1.43 Å². The summed E-state index contributed by atoms with van der Waals surface area (Å²) < 4.78 is 0.0358. The number of phenols is 2. The zero-order chi connectivity index (χ0) is 16.7. The Balaban J connectivity index is 2.21. The lowest BCUT2D eigenvalue weighted by Gasteiger charge is -2.50. The molecule has 1 fully saturated rings. The van der Waals surface area contributed by atoms with Gasteiger partial charge in [0.15, 0.2) is 0 Å². The zero-order valence-corrected chi connectivity index (χ0v) is 17.3. The van der Waals surface area contributed by atoms with Crippen LogP contribution in [0.3, 0.4) is 0 Å². The number of hydrogen-bond donors (Lipinski definition) is 2. The van der Waals surface area contributed by atoms with Gasteiger partial charge in [0, 0.05) is 5.41 Å². The van der Waals surface area contributed by atoms with Gasteiger partial charge in [0.2, 0.25) is 0 Å². The maximum absolute atomic E-state index is 9.68. The van der Waals surface area contributed by atoms with Crippen LogP contribution in [0.5, 0.6) is 11.5 Å². The maximum atomic E-state index is 9.68. The van der Waals surface area contributed by atoms with Crippen LogP contribution < -0.4 is 0 Å². The van der Waals surface area contributed by atoms with Crippen molar-refractivity contribution in [3.8, 4) is 11.5 Å². The van der Waals surface area contributed by atoms with E-state index in [1.54, 1.807) is 24.3 Å². The van der Waals surface area contributed by atoms with E-state index in [1.807, 2.05) is 24.3 Å². The van der Waals surface area contributed by atoms with Crippen LogP contribution in [-0.4, -0.2) is 11.6 Å². The highest BCUT2D eigenvalue weighted by Crippen LogP contribution is 2.60. The van der Waals surface area contributed by atoms with Gasteiger partial charge in [0.25, 0.3) is 0 Å². The Hall–Kier alpha value is -0.500. The second kappa shape index (κ2) is 6.43. The van der Waals surface area contributed by atoms with Crippen LogP contribution in [-0.2, 0) is 5.41 Å². The third-order valence-electron chi connectivity index (χ3n) is 4.96. The van der Waals surface area contributed by atoms with E-state index in [9.17, 15) is 10.2 Å². The van der Waals surface area contributed by atoms with Crippen molar-refractivity contribution in [3.63, 3.8) is 0 Å². The summed E-state index contributed by atoms with van der Waals surface area (Å²) in [5.74, 6) is 1.30. The van der Waals surface area contributed by atoms with E-state index in [4.69, 9.17) is 0 Å². The first kappa shape index (κ1) is 17.3. The van der Waals surface area contributed by atoms with Gasteiger partial charge in [-0.1, -0.05) is 76.4 Å². The van der Waals surface area contributed by atoms with E-state index in [2.05, 4.69) is 52.1 Å². The van der Waals surface area contributed by atoms with Crippen molar-refractivity contribution >= 4 is 45.2 Å². The molecule has 0 aliphatic heterocycles. The minimum atomic E-state index is -0.123. The van der Waals surface area contributed by atoms with E-state index in [-0.39, 0.29) is 6.84 Å². The Morgan fingerprint density at radius 1 is 0.870 bits per heavy atom. The van der Waals surface area contributed by atoms with Gasteiger partial charge in [0.1, 0.15) is 11.5 Å². The molecule has 3 rings (SSSR count). The van der Waals surface area contributed by atoms with Crippen molar-refractivity contribution in [3.05, 3.63) is 59.7 Å². The van der Waals surface area contributed by atoms with E-state index in [1.165, 1.54) is 17.5 Å². The molecule has 1 aliphatic rings. The second-order valence-electron chi connectivity index (χ2n) is 6.55. The van der Waals surface area contributed by atoms with E-state index >= 15 is 0 Å². The standard InChI is InChI=1S/C19H20I2O2/c1-13-10-11-18(19(20,21)12-13,14-2-6-16(22)7-3-14)15-4-8-17(23)9-5-15/h2-9,13,22-23H,10-12H2,1H3. The van der Waals surface area contributed by atoms with Crippen molar-refractivity contribution in [1.29, 1.82) is 0 Å². The maximum Gasteiger partial charge on any atom is 0.115 e. The SMILES string of the molecule is CC1CCC(c2ccc(O)cc2)(c2ccc(O)cc2)C(I)(I)C1. The number of hydrogen-bond acceptors (Lipinski definition) is 2. The van der Waals surface area contributed by atoms with Crippen molar-refractivity contribution < 1.29 is 10.2 Å². The van der Waals surface area contributed by atoms with Crippen molar-refractivity contribution in [1.82, 2.24) is 0 Å². The zero-order valence-electron chi connectivity index (χ0n) is 13.0. The fourth-order valence-corrected chi connectivity index (χ4v) is 7.02. The summed E-state index contributed by atoms with van der Waals surface area (Å²) in [5, 5.41) is 19.4. The number of halogens is 2. The monoisotopic (exact) mass is 534 g/mol. The molecule has 122 valence electrons. The molecule has 0 aromatic heterocycles. The molecule has 1 unspecified atom stereocenters. The van der Waals surface area contributed by atoms with Crippen LogP contribution >= 0.6 is 45.2 Å². The molecule has 0 saturated heterocycles. The quantitative estimate of drug-likeness (QED) is 0.380. The summed E-state index contributed by atoms with van der Waals surface area (Å²) in [6, 6.07) is 15.3. The molecular formula is C19H20I2O2. The molecule has 1 atom stereocenters. The highest BCUT2D eigenvalue weighted by Gasteiger charge is 2.53. The third kappa shape index (κ3) is 3.08. The first-order valence-corrected chi connectivity index (χ1v) is 9.98. The molecule has 0 radical (unpaired) electrons. The van der Waals surface area contributed by atoms with Crippen molar-refractivity contribution in [2.45, 2.75) is 33.0 Å². The topological polar surface area (TPSA) is 40.5 Å². The molecule has 0 bridgehead atoms. The highest BCUT2D eigenvalue weighted by atomic mass is 127. The Labute approximate surface area is 164 Å². The average molecular weight is 534 g/mol. The van der Waals surface area contributed by atoms with Crippen LogP contribution in [0.4, 0.5) is 0 Å². The largest absolute Gasteiger partial charge is 0.508 e. The second-order valence-corrected chi connectivity index (χ2v) is 12.3. The van der Waals surface area contributed by atoms with Crippen LogP contribution in [0.1, 0.15) is 37.3 Å². The molecule has 2 aromatic carbocycles. The van der Waals surface area contributed by atoms with Crippen LogP contribution in [0, 0.1) is 5.92 Å². The van der Waals surface area contributed by atoms with Crippen LogP contribution in [0.2, 0.25) is 0 Å². The molecule has 0 heterocycles. The first-order valence-electron chi connectivity index (χ1n) is 7.82. The molecule has 4 heteroatoms. The summed E-state index contributed by atoms with van der Waals surface area (Å²) in [7, 11) is 0. The first-order chi connectivity index (χ1) is 10.8.